The van der Waals surface area contributed by atoms with E-state index in [0.29, 0.717) is 0 Å². The van der Waals surface area contributed by atoms with Crippen molar-refractivity contribution in [3.8, 4) is 0 Å². The van der Waals surface area contributed by atoms with Crippen molar-refractivity contribution in [1.82, 2.24) is 4.98 Å². The third kappa shape index (κ3) is 4.21. The van der Waals surface area contributed by atoms with Crippen LogP contribution in [0.25, 0.3) is 17.0 Å². The molecule has 0 N–H and O–H groups in total. The van der Waals surface area contributed by atoms with Crippen molar-refractivity contribution in [3.05, 3.63) is 47.7 Å². The zero-order chi connectivity index (χ0) is 13.7. The number of carbonyl (C=O) groups excluding carboxylic acids is 1. The molecule has 3 heteroatoms. The lowest BCUT2D eigenvalue weighted by Gasteiger charge is -2.00. The maximum Gasteiger partial charge on any atom is 0.185 e. The quantitative estimate of drug-likeness (QED) is 0.780. The van der Waals surface area contributed by atoms with E-state index in [1.807, 2.05) is 19.1 Å². The zero-order valence-corrected chi connectivity index (χ0v) is 12.0. The van der Waals surface area contributed by atoms with Crippen molar-refractivity contribution in [2.45, 2.75) is 20.3 Å². The fourth-order valence-corrected chi connectivity index (χ4v) is 2.38. The van der Waals surface area contributed by atoms with E-state index in [-0.39, 0.29) is 5.12 Å². The van der Waals surface area contributed by atoms with Crippen molar-refractivity contribution < 1.29 is 4.79 Å². The van der Waals surface area contributed by atoms with Crippen molar-refractivity contribution in [2.24, 2.45) is 0 Å². The van der Waals surface area contributed by atoms with Gasteiger partial charge in [0.15, 0.2) is 5.12 Å². The van der Waals surface area contributed by atoms with Crippen LogP contribution in [0.3, 0.4) is 0 Å². The normalized spacial score (nSPS) is 11.3. The van der Waals surface area contributed by atoms with Gasteiger partial charge in [0.2, 0.25) is 0 Å². The molecule has 19 heavy (non-hydrogen) atoms. The molecule has 0 saturated heterocycles. The standard InChI is InChI=1S/C16H17NOS/c1-12-6-8-15-11-14(7-9-16(15)17-12)5-3-4-10-19-13(2)18/h3,5-9,11H,4,10H2,1-2H3. The lowest BCUT2D eigenvalue weighted by Crippen LogP contribution is -1.84. The van der Waals surface area contributed by atoms with Crippen LogP contribution in [-0.2, 0) is 4.79 Å². The molecule has 2 nitrogen and oxygen atoms in total. The minimum atomic E-state index is 0.181. The number of pyridine rings is 1. The molecule has 0 atom stereocenters. The third-order valence-corrected chi connectivity index (χ3v) is 3.60. The van der Waals surface area contributed by atoms with E-state index in [2.05, 4.69) is 35.3 Å². The first kappa shape index (κ1) is 13.8. The van der Waals surface area contributed by atoms with Crippen LogP contribution >= 0.6 is 11.8 Å². The SMILES string of the molecule is CC(=O)SCCC=Cc1ccc2nc(C)ccc2c1. The Morgan fingerprint density at radius 2 is 2.16 bits per heavy atom. The first-order valence-electron chi connectivity index (χ1n) is 6.32. The molecule has 0 fully saturated rings. The molecule has 0 amide bonds. The summed E-state index contributed by atoms with van der Waals surface area (Å²) >= 11 is 1.37. The average Bonchev–Trinajstić information content (AvgIpc) is 2.38. The summed E-state index contributed by atoms with van der Waals surface area (Å²) < 4.78 is 0. The molecule has 0 aliphatic heterocycles. The van der Waals surface area contributed by atoms with E-state index in [4.69, 9.17) is 0 Å². The zero-order valence-electron chi connectivity index (χ0n) is 11.2. The molecule has 0 unspecified atom stereocenters. The van der Waals surface area contributed by atoms with Crippen LogP contribution in [0.4, 0.5) is 0 Å². The second-order valence-electron chi connectivity index (χ2n) is 4.44. The lowest BCUT2D eigenvalue weighted by molar-refractivity contribution is -0.109. The van der Waals surface area contributed by atoms with Crippen molar-refractivity contribution in [1.29, 1.82) is 0 Å². The van der Waals surface area contributed by atoms with Crippen LogP contribution in [-0.4, -0.2) is 15.9 Å². The fraction of sp³-hybridized carbons (Fsp3) is 0.250. The van der Waals surface area contributed by atoms with Gasteiger partial charge in [-0.05, 0) is 37.1 Å². The van der Waals surface area contributed by atoms with Gasteiger partial charge in [-0.2, -0.15) is 0 Å². The Labute approximate surface area is 117 Å². The highest BCUT2D eigenvalue weighted by molar-refractivity contribution is 8.13. The number of nitrogens with zero attached hydrogens (tertiary/aromatic N) is 1. The number of hydrogen-bond acceptors (Lipinski definition) is 3. The second kappa shape index (κ2) is 6.53. The molecule has 2 aromatic rings. The fourth-order valence-electron chi connectivity index (χ4n) is 1.84. The second-order valence-corrected chi connectivity index (χ2v) is 5.71. The molecule has 1 heterocycles. The van der Waals surface area contributed by atoms with Crippen LogP contribution in [0.5, 0.6) is 0 Å². The van der Waals surface area contributed by atoms with Gasteiger partial charge in [0.1, 0.15) is 0 Å². The molecule has 0 aliphatic carbocycles. The number of carbonyl (C=O) groups is 1. The number of aromatic nitrogens is 1. The molecule has 2 rings (SSSR count). The topological polar surface area (TPSA) is 30.0 Å². The summed E-state index contributed by atoms with van der Waals surface area (Å²) in [6, 6.07) is 10.4. The average molecular weight is 271 g/mol. The van der Waals surface area contributed by atoms with Gasteiger partial charge in [0.25, 0.3) is 0 Å². The minimum Gasteiger partial charge on any atom is -0.288 e. The summed E-state index contributed by atoms with van der Waals surface area (Å²) in [5, 5.41) is 1.34. The number of benzene rings is 1. The molecular formula is C16H17NOS. The number of thioether (sulfide) groups is 1. The van der Waals surface area contributed by atoms with E-state index in [1.54, 1.807) is 6.92 Å². The summed E-state index contributed by atoms with van der Waals surface area (Å²) in [6.07, 6.45) is 5.12. The maximum absolute atomic E-state index is 10.8. The van der Waals surface area contributed by atoms with Crippen molar-refractivity contribution in [3.63, 3.8) is 0 Å². The first-order chi connectivity index (χ1) is 9.15. The largest absolute Gasteiger partial charge is 0.288 e. The Hall–Kier alpha value is -1.61. The van der Waals surface area contributed by atoms with E-state index < -0.39 is 0 Å². The van der Waals surface area contributed by atoms with Crippen molar-refractivity contribution in [2.75, 3.05) is 5.75 Å². The van der Waals surface area contributed by atoms with Crippen LogP contribution in [0.1, 0.15) is 24.6 Å². The highest BCUT2D eigenvalue weighted by Gasteiger charge is 1.96. The third-order valence-electron chi connectivity index (χ3n) is 2.75. The Balaban J connectivity index is 2.03. The predicted molar refractivity (Wildman–Crippen MR) is 83.3 cm³/mol. The molecular weight excluding hydrogens is 254 g/mol. The first-order valence-corrected chi connectivity index (χ1v) is 7.31. The van der Waals surface area contributed by atoms with Gasteiger partial charge in [-0.15, -0.1) is 0 Å². The van der Waals surface area contributed by atoms with Gasteiger partial charge in [-0.3, -0.25) is 9.78 Å². The number of fused-ring (bicyclic) bond motifs is 1. The molecule has 0 bridgehead atoms. The summed E-state index contributed by atoms with van der Waals surface area (Å²) in [5.41, 5.74) is 3.24. The highest BCUT2D eigenvalue weighted by Crippen LogP contribution is 2.16. The maximum atomic E-state index is 10.8. The van der Waals surface area contributed by atoms with Gasteiger partial charge in [0.05, 0.1) is 5.52 Å². The molecule has 0 radical (unpaired) electrons. The Morgan fingerprint density at radius 1 is 1.32 bits per heavy atom. The molecule has 1 aromatic carbocycles. The van der Waals surface area contributed by atoms with Gasteiger partial charge in [-0.1, -0.05) is 36.0 Å². The molecule has 98 valence electrons. The monoisotopic (exact) mass is 271 g/mol. The molecule has 0 aliphatic rings. The van der Waals surface area contributed by atoms with Gasteiger partial charge >= 0.3 is 0 Å². The lowest BCUT2D eigenvalue weighted by atomic mass is 10.1. The highest BCUT2D eigenvalue weighted by atomic mass is 32.2. The smallest absolute Gasteiger partial charge is 0.185 e. The summed E-state index contributed by atoms with van der Waals surface area (Å²) in [6.45, 7) is 3.60. The Kier molecular flexibility index (Phi) is 4.74. The molecule has 0 spiro atoms. The minimum absolute atomic E-state index is 0.181. The van der Waals surface area contributed by atoms with Crippen LogP contribution in [0, 0.1) is 6.92 Å². The van der Waals surface area contributed by atoms with Crippen LogP contribution in [0.15, 0.2) is 36.4 Å². The number of aryl methyl sites for hydroxylation is 1. The van der Waals surface area contributed by atoms with Gasteiger partial charge in [-0.25, -0.2) is 0 Å². The summed E-state index contributed by atoms with van der Waals surface area (Å²) in [7, 11) is 0. The Bertz CT molecular complexity index is 619. The van der Waals surface area contributed by atoms with E-state index >= 15 is 0 Å². The molecule has 0 saturated carbocycles. The number of allylic oxidation sites excluding steroid dienone is 1. The Morgan fingerprint density at radius 3 is 2.95 bits per heavy atom. The van der Waals surface area contributed by atoms with Crippen LogP contribution in [0.2, 0.25) is 0 Å². The van der Waals surface area contributed by atoms with E-state index in [9.17, 15) is 4.79 Å². The van der Waals surface area contributed by atoms with Gasteiger partial charge < -0.3 is 0 Å². The van der Waals surface area contributed by atoms with E-state index in [0.717, 1.165) is 28.8 Å². The molecule has 1 aromatic heterocycles. The summed E-state index contributed by atoms with van der Waals surface area (Å²) in [5.74, 6) is 0.847. The predicted octanol–water partition coefficient (Wildman–Crippen LogP) is 4.23. The number of hydrogen-bond donors (Lipinski definition) is 0. The van der Waals surface area contributed by atoms with E-state index in [1.165, 1.54) is 17.3 Å². The summed E-state index contributed by atoms with van der Waals surface area (Å²) in [4.78, 5) is 15.3. The van der Waals surface area contributed by atoms with Crippen LogP contribution < -0.4 is 0 Å². The van der Waals surface area contributed by atoms with Crippen molar-refractivity contribution >= 4 is 33.9 Å². The van der Waals surface area contributed by atoms with Gasteiger partial charge in [0, 0.05) is 23.8 Å². The number of rotatable bonds is 4.